The van der Waals surface area contributed by atoms with Gasteiger partial charge in [-0.05, 0) is 25.1 Å². The molecule has 1 amide bonds. The Kier molecular flexibility index (Phi) is 3.74. The number of nitrogens with two attached hydrogens (primary N) is 2. The molecule has 0 heterocycles. The summed E-state index contributed by atoms with van der Waals surface area (Å²) in [7, 11) is -2.40. The minimum atomic E-state index is -3.97. The second-order valence-corrected chi connectivity index (χ2v) is 5.15. The lowest BCUT2D eigenvalue weighted by Crippen LogP contribution is -2.28. The Hall–Kier alpha value is -1.60. The summed E-state index contributed by atoms with van der Waals surface area (Å²) in [6, 6.07) is 4.01. The molecule has 0 fully saturated rings. The number of carbonyl (C=O) groups excluding carboxylic acids is 1. The van der Waals surface area contributed by atoms with Crippen LogP contribution in [0.2, 0.25) is 0 Å². The number of anilines is 1. The highest BCUT2D eigenvalue weighted by Gasteiger charge is 2.21. The van der Waals surface area contributed by atoms with Gasteiger partial charge in [0.15, 0.2) is 0 Å². The van der Waals surface area contributed by atoms with Crippen molar-refractivity contribution in [3.8, 4) is 0 Å². The van der Waals surface area contributed by atoms with Gasteiger partial charge in [0.1, 0.15) is 0 Å². The zero-order valence-corrected chi connectivity index (χ0v) is 10.5. The van der Waals surface area contributed by atoms with E-state index in [1.54, 1.807) is 14.0 Å². The van der Waals surface area contributed by atoms with Crippen molar-refractivity contribution >= 4 is 21.6 Å². The maximum Gasteiger partial charge on any atom is 0.254 e. The predicted molar refractivity (Wildman–Crippen MR) is 64.9 cm³/mol. The minimum Gasteiger partial charge on any atom is -0.399 e. The quantitative estimate of drug-likeness (QED) is 0.744. The van der Waals surface area contributed by atoms with Crippen molar-refractivity contribution < 1.29 is 13.2 Å². The first-order valence-corrected chi connectivity index (χ1v) is 6.49. The van der Waals surface area contributed by atoms with E-state index in [2.05, 4.69) is 0 Å². The van der Waals surface area contributed by atoms with Crippen LogP contribution in [-0.4, -0.2) is 32.8 Å². The maximum atomic E-state index is 11.9. The zero-order valence-electron chi connectivity index (χ0n) is 9.67. The van der Waals surface area contributed by atoms with Crippen molar-refractivity contribution in [1.29, 1.82) is 0 Å². The highest BCUT2D eigenvalue weighted by molar-refractivity contribution is 7.89. The number of primary sulfonamides is 1. The topological polar surface area (TPSA) is 106 Å². The summed E-state index contributed by atoms with van der Waals surface area (Å²) in [4.78, 5) is 13.1. The molecule has 0 aliphatic heterocycles. The molecular weight excluding hydrogens is 242 g/mol. The molecule has 7 heteroatoms. The fourth-order valence-electron chi connectivity index (χ4n) is 1.30. The Bertz CT molecular complexity index is 540. The molecule has 0 saturated heterocycles. The SMILES string of the molecule is CCN(C)C(=O)c1ccc(N)cc1S(N)(=O)=O. The van der Waals surface area contributed by atoms with Gasteiger partial charge in [-0.25, -0.2) is 13.6 Å². The summed E-state index contributed by atoms with van der Waals surface area (Å²) in [6.07, 6.45) is 0. The Morgan fingerprint density at radius 1 is 1.41 bits per heavy atom. The van der Waals surface area contributed by atoms with Gasteiger partial charge in [-0.1, -0.05) is 0 Å². The molecule has 1 rings (SSSR count). The average Bonchev–Trinajstić information content (AvgIpc) is 2.25. The number of hydrogen-bond acceptors (Lipinski definition) is 4. The smallest absolute Gasteiger partial charge is 0.254 e. The molecule has 94 valence electrons. The van der Waals surface area contributed by atoms with Crippen LogP contribution in [0.3, 0.4) is 0 Å². The van der Waals surface area contributed by atoms with Gasteiger partial charge in [-0.2, -0.15) is 0 Å². The van der Waals surface area contributed by atoms with Gasteiger partial charge in [0, 0.05) is 19.3 Å². The monoisotopic (exact) mass is 257 g/mol. The number of nitrogen functional groups attached to an aromatic ring is 1. The molecule has 0 bridgehead atoms. The van der Waals surface area contributed by atoms with Crippen LogP contribution in [0, 0.1) is 0 Å². The summed E-state index contributed by atoms with van der Waals surface area (Å²) >= 11 is 0. The molecule has 0 radical (unpaired) electrons. The standard InChI is InChI=1S/C10H15N3O3S/c1-3-13(2)10(14)8-5-4-7(11)6-9(8)17(12,15)16/h4-6H,3,11H2,1-2H3,(H2,12,15,16). The van der Waals surface area contributed by atoms with Crippen LogP contribution in [0.25, 0.3) is 0 Å². The molecule has 0 aliphatic carbocycles. The van der Waals surface area contributed by atoms with E-state index in [-0.39, 0.29) is 16.1 Å². The molecular formula is C10H15N3O3S. The van der Waals surface area contributed by atoms with Gasteiger partial charge < -0.3 is 10.6 Å². The van der Waals surface area contributed by atoms with E-state index in [0.29, 0.717) is 6.54 Å². The molecule has 0 aliphatic rings. The predicted octanol–water partition coefficient (Wildman–Crippen LogP) is 0.00810. The minimum absolute atomic E-state index is 0.0334. The summed E-state index contributed by atoms with van der Waals surface area (Å²) in [5.41, 5.74) is 5.76. The molecule has 1 aromatic carbocycles. The van der Waals surface area contributed by atoms with Crippen LogP contribution < -0.4 is 10.9 Å². The molecule has 1 aromatic rings. The third-order valence-corrected chi connectivity index (χ3v) is 3.31. The van der Waals surface area contributed by atoms with Crippen LogP contribution in [0.5, 0.6) is 0 Å². The van der Waals surface area contributed by atoms with Crippen molar-refractivity contribution in [3.05, 3.63) is 23.8 Å². The van der Waals surface area contributed by atoms with Crippen molar-refractivity contribution in [1.82, 2.24) is 4.90 Å². The van der Waals surface area contributed by atoms with Crippen molar-refractivity contribution in [3.63, 3.8) is 0 Å². The number of rotatable bonds is 3. The summed E-state index contributed by atoms with van der Waals surface area (Å²) < 4.78 is 22.7. The van der Waals surface area contributed by atoms with Gasteiger partial charge in [-0.15, -0.1) is 0 Å². The maximum absolute atomic E-state index is 11.9. The molecule has 0 unspecified atom stereocenters. The van der Waals surface area contributed by atoms with Crippen LogP contribution in [0.15, 0.2) is 23.1 Å². The van der Waals surface area contributed by atoms with Crippen molar-refractivity contribution in [2.75, 3.05) is 19.3 Å². The lowest BCUT2D eigenvalue weighted by molar-refractivity contribution is 0.0798. The molecule has 6 nitrogen and oxygen atoms in total. The van der Waals surface area contributed by atoms with Gasteiger partial charge in [-0.3, -0.25) is 4.79 Å². The Morgan fingerprint density at radius 2 is 2.00 bits per heavy atom. The average molecular weight is 257 g/mol. The van der Waals surface area contributed by atoms with Crippen molar-refractivity contribution in [2.24, 2.45) is 5.14 Å². The summed E-state index contributed by atoms with van der Waals surface area (Å²) in [5.74, 6) is -0.406. The Morgan fingerprint density at radius 3 is 2.47 bits per heavy atom. The van der Waals surface area contributed by atoms with E-state index in [9.17, 15) is 13.2 Å². The van der Waals surface area contributed by atoms with Gasteiger partial charge in [0.2, 0.25) is 10.0 Å². The first-order valence-electron chi connectivity index (χ1n) is 4.95. The number of sulfonamides is 1. The fourth-order valence-corrected chi connectivity index (χ4v) is 2.06. The Balaban J connectivity index is 3.40. The van der Waals surface area contributed by atoms with Crippen LogP contribution in [0.4, 0.5) is 5.69 Å². The molecule has 17 heavy (non-hydrogen) atoms. The van der Waals surface area contributed by atoms with E-state index in [1.165, 1.54) is 23.1 Å². The lowest BCUT2D eigenvalue weighted by Gasteiger charge is -2.16. The molecule has 0 atom stereocenters. The van der Waals surface area contributed by atoms with Crippen LogP contribution in [0.1, 0.15) is 17.3 Å². The fraction of sp³-hybridized carbons (Fsp3) is 0.300. The number of amides is 1. The summed E-state index contributed by atoms with van der Waals surface area (Å²) in [5, 5.41) is 5.05. The highest BCUT2D eigenvalue weighted by atomic mass is 32.2. The molecule has 0 spiro atoms. The highest BCUT2D eigenvalue weighted by Crippen LogP contribution is 2.19. The first kappa shape index (κ1) is 13.5. The third kappa shape index (κ3) is 2.95. The normalized spacial score (nSPS) is 11.2. The van der Waals surface area contributed by atoms with E-state index in [4.69, 9.17) is 10.9 Å². The van der Waals surface area contributed by atoms with E-state index >= 15 is 0 Å². The lowest BCUT2D eigenvalue weighted by atomic mass is 10.2. The largest absolute Gasteiger partial charge is 0.399 e. The van der Waals surface area contributed by atoms with E-state index in [1.807, 2.05) is 0 Å². The second-order valence-electron chi connectivity index (χ2n) is 3.62. The van der Waals surface area contributed by atoms with E-state index < -0.39 is 15.9 Å². The number of benzene rings is 1. The number of hydrogen-bond donors (Lipinski definition) is 2. The number of carbonyl (C=O) groups is 1. The Labute approximate surface area is 100 Å². The first-order chi connectivity index (χ1) is 7.77. The molecule has 0 aromatic heterocycles. The van der Waals surface area contributed by atoms with Gasteiger partial charge in [0.25, 0.3) is 5.91 Å². The third-order valence-electron chi connectivity index (χ3n) is 2.36. The van der Waals surface area contributed by atoms with Gasteiger partial charge in [0.05, 0.1) is 10.5 Å². The van der Waals surface area contributed by atoms with Crippen LogP contribution >= 0.6 is 0 Å². The second kappa shape index (κ2) is 4.72. The zero-order chi connectivity index (χ0) is 13.2. The molecule has 4 N–H and O–H groups in total. The van der Waals surface area contributed by atoms with E-state index in [0.717, 1.165) is 0 Å². The van der Waals surface area contributed by atoms with Crippen LogP contribution in [-0.2, 0) is 10.0 Å². The number of nitrogens with zero attached hydrogens (tertiary/aromatic N) is 1. The molecule has 0 saturated carbocycles. The van der Waals surface area contributed by atoms with Crippen molar-refractivity contribution in [2.45, 2.75) is 11.8 Å². The van der Waals surface area contributed by atoms with Gasteiger partial charge >= 0.3 is 0 Å². The summed E-state index contributed by atoms with van der Waals surface area (Å²) in [6.45, 7) is 2.25.